The molecule has 0 aliphatic rings. The number of nitrogens with zero attached hydrogens (tertiary/aromatic N) is 1. The molecule has 1 amide bonds. The van der Waals surface area contributed by atoms with E-state index in [2.05, 4.69) is 20.8 Å². The average molecular weight is 214 g/mol. The maximum atomic E-state index is 12.1. The first-order valence-corrected chi connectivity index (χ1v) is 5.80. The molecule has 0 aromatic heterocycles. The predicted molar refractivity (Wildman–Crippen MR) is 64.6 cm³/mol. The number of amides is 1. The van der Waals surface area contributed by atoms with Crippen LogP contribution in [0.3, 0.4) is 0 Å². The first kappa shape index (κ1) is 14.4. The topological polar surface area (TPSA) is 46.3 Å². The Bertz CT molecular complexity index is 212. The molecule has 15 heavy (non-hydrogen) atoms. The van der Waals surface area contributed by atoms with Crippen molar-refractivity contribution in [3.8, 4) is 0 Å². The molecule has 90 valence electrons. The lowest BCUT2D eigenvalue weighted by Gasteiger charge is -2.34. The van der Waals surface area contributed by atoms with E-state index in [1.807, 2.05) is 20.9 Å². The molecule has 0 aliphatic carbocycles. The first-order chi connectivity index (χ1) is 6.74. The number of rotatable bonds is 5. The maximum absolute atomic E-state index is 12.1. The summed E-state index contributed by atoms with van der Waals surface area (Å²) in [5.41, 5.74) is 5.30. The van der Waals surface area contributed by atoms with Crippen LogP contribution < -0.4 is 5.73 Å². The zero-order valence-electron chi connectivity index (χ0n) is 11.0. The molecule has 3 heteroatoms. The van der Waals surface area contributed by atoms with Crippen molar-refractivity contribution in [3.05, 3.63) is 0 Å². The number of hydrogen-bond donors (Lipinski definition) is 1. The molecule has 0 aromatic carbocycles. The van der Waals surface area contributed by atoms with Gasteiger partial charge in [0, 0.05) is 13.1 Å². The fraction of sp³-hybridized carbons (Fsp3) is 0.917. The first-order valence-electron chi connectivity index (χ1n) is 5.80. The highest BCUT2D eigenvalue weighted by molar-refractivity contribution is 5.85. The van der Waals surface area contributed by atoms with Gasteiger partial charge in [-0.1, -0.05) is 27.2 Å². The van der Waals surface area contributed by atoms with Gasteiger partial charge in [-0.2, -0.15) is 0 Å². The Morgan fingerprint density at radius 1 is 1.40 bits per heavy atom. The molecule has 2 atom stereocenters. The number of likely N-dealkylation sites (N-methyl/N-ethyl adjacent to an activating group) is 1. The van der Waals surface area contributed by atoms with Gasteiger partial charge in [0.25, 0.3) is 0 Å². The van der Waals surface area contributed by atoms with E-state index in [0.717, 1.165) is 12.8 Å². The predicted octanol–water partition coefficient (Wildman–Crippen LogP) is 2.01. The van der Waals surface area contributed by atoms with Crippen LogP contribution in [0, 0.1) is 5.92 Å². The van der Waals surface area contributed by atoms with E-state index in [0.29, 0.717) is 5.92 Å². The van der Waals surface area contributed by atoms with E-state index in [1.165, 1.54) is 0 Å². The molecule has 0 saturated heterocycles. The van der Waals surface area contributed by atoms with Gasteiger partial charge in [0.15, 0.2) is 0 Å². The summed E-state index contributed by atoms with van der Waals surface area (Å²) in [6.45, 7) is 10.2. The van der Waals surface area contributed by atoms with Gasteiger partial charge in [-0.15, -0.1) is 0 Å². The van der Waals surface area contributed by atoms with Crippen LogP contribution >= 0.6 is 0 Å². The second kappa shape index (κ2) is 5.50. The smallest absolute Gasteiger partial charge is 0.242 e. The van der Waals surface area contributed by atoms with Gasteiger partial charge in [-0.25, -0.2) is 0 Å². The average Bonchev–Trinajstić information content (AvgIpc) is 2.14. The molecule has 2 unspecified atom stereocenters. The van der Waals surface area contributed by atoms with Crippen molar-refractivity contribution in [2.24, 2.45) is 11.7 Å². The van der Waals surface area contributed by atoms with Gasteiger partial charge < -0.3 is 10.6 Å². The molecule has 0 bridgehead atoms. The van der Waals surface area contributed by atoms with E-state index in [9.17, 15) is 4.79 Å². The minimum Gasteiger partial charge on any atom is -0.341 e. The molecule has 0 rings (SSSR count). The van der Waals surface area contributed by atoms with Crippen molar-refractivity contribution in [3.63, 3.8) is 0 Å². The van der Waals surface area contributed by atoms with Crippen LogP contribution in [0.25, 0.3) is 0 Å². The standard InChI is InChI=1S/C12H26N2O/c1-7-8-12(5,13)11(15)14(6)10(4)9(2)3/h9-10H,7-8,13H2,1-6H3. The summed E-state index contributed by atoms with van der Waals surface area (Å²) < 4.78 is 0. The fourth-order valence-corrected chi connectivity index (χ4v) is 1.66. The third-order valence-electron chi connectivity index (χ3n) is 3.15. The third kappa shape index (κ3) is 3.82. The Labute approximate surface area is 94.0 Å². The van der Waals surface area contributed by atoms with Crippen molar-refractivity contribution in [2.75, 3.05) is 7.05 Å². The third-order valence-corrected chi connectivity index (χ3v) is 3.15. The Hall–Kier alpha value is -0.570. The summed E-state index contributed by atoms with van der Waals surface area (Å²) in [5, 5.41) is 0. The zero-order chi connectivity index (χ0) is 12.2. The molecular weight excluding hydrogens is 188 g/mol. The van der Waals surface area contributed by atoms with Crippen LogP contribution in [0.15, 0.2) is 0 Å². The van der Waals surface area contributed by atoms with Gasteiger partial charge in [0.05, 0.1) is 5.54 Å². The zero-order valence-corrected chi connectivity index (χ0v) is 11.0. The Morgan fingerprint density at radius 2 is 1.87 bits per heavy atom. The van der Waals surface area contributed by atoms with E-state index in [4.69, 9.17) is 5.73 Å². The second-order valence-corrected chi connectivity index (χ2v) is 5.07. The lowest BCUT2D eigenvalue weighted by molar-refractivity contribution is -0.138. The Balaban J connectivity index is 4.56. The molecule has 0 saturated carbocycles. The van der Waals surface area contributed by atoms with E-state index < -0.39 is 5.54 Å². The van der Waals surface area contributed by atoms with Crippen LogP contribution in [0.2, 0.25) is 0 Å². The molecule has 2 N–H and O–H groups in total. The molecule has 0 spiro atoms. The van der Waals surface area contributed by atoms with Gasteiger partial charge in [-0.05, 0) is 26.2 Å². The van der Waals surface area contributed by atoms with Crippen molar-refractivity contribution < 1.29 is 4.79 Å². The summed E-state index contributed by atoms with van der Waals surface area (Å²) in [5.74, 6) is 0.502. The van der Waals surface area contributed by atoms with Crippen LogP contribution in [-0.4, -0.2) is 29.4 Å². The fourth-order valence-electron chi connectivity index (χ4n) is 1.66. The van der Waals surface area contributed by atoms with Crippen molar-refractivity contribution in [1.29, 1.82) is 0 Å². The van der Waals surface area contributed by atoms with Crippen molar-refractivity contribution in [1.82, 2.24) is 4.90 Å². The maximum Gasteiger partial charge on any atom is 0.242 e. The summed E-state index contributed by atoms with van der Waals surface area (Å²) in [4.78, 5) is 13.9. The summed E-state index contributed by atoms with van der Waals surface area (Å²) in [7, 11) is 1.84. The van der Waals surface area contributed by atoms with Gasteiger partial charge in [0.1, 0.15) is 0 Å². The SMILES string of the molecule is CCCC(C)(N)C(=O)N(C)C(C)C(C)C. The molecular formula is C12H26N2O. The number of nitrogens with two attached hydrogens (primary N) is 1. The lowest BCUT2D eigenvalue weighted by atomic mass is 9.94. The van der Waals surface area contributed by atoms with Crippen molar-refractivity contribution in [2.45, 2.75) is 59.0 Å². The second-order valence-electron chi connectivity index (χ2n) is 5.07. The minimum absolute atomic E-state index is 0.0468. The quantitative estimate of drug-likeness (QED) is 0.761. The summed E-state index contributed by atoms with van der Waals surface area (Å²) >= 11 is 0. The highest BCUT2D eigenvalue weighted by Gasteiger charge is 2.32. The van der Waals surface area contributed by atoms with Gasteiger partial charge >= 0.3 is 0 Å². The summed E-state index contributed by atoms with van der Waals surface area (Å²) in [6.07, 6.45) is 1.67. The highest BCUT2D eigenvalue weighted by Crippen LogP contribution is 2.16. The normalized spacial score (nSPS) is 17.3. The molecule has 3 nitrogen and oxygen atoms in total. The minimum atomic E-state index is -0.716. The molecule has 0 aromatic rings. The van der Waals surface area contributed by atoms with Gasteiger partial charge in [-0.3, -0.25) is 4.79 Å². The Morgan fingerprint density at radius 3 is 2.20 bits per heavy atom. The Kier molecular flexibility index (Phi) is 5.29. The number of carbonyl (C=O) groups excluding carboxylic acids is 1. The van der Waals surface area contributed by atoms with E-state index in [-0.39, 0.29) is 11.9 Å². The largest absolute Gasteiger partial charge is 0.341 e. The summed E-state index contributed by atoms with van der Waals surface area (Å²) in [6, 6.07) is 0.234. The molecule has 0 fully saturated rings. The number of hydrogen-bond acceptors (Lipinski definition) is 2. The highest BCUT2D eigenvalue weighted by atomic mass is 16.2. The lowest BCUT2D eigenvalue weighted by Crippen LogP contribution is -2.55. The van der Waals surface area contributed by atoms with E-state index in [1.54, 1.807) is 4.90 Å². The van der Waals surface area contributed by atoms with E-state index >= 15 is 0 Å². The van der Waals surface area contributed by atoms with Gasteiger partial charge in [0.2, 0.25) is 5.91 Å². The van der Waals surface area contributed by atoms with Crippen LogP contribution in [-0.2, 0) is 4.79 Å². The van der Waals surface area contributed by atoms with Crippen LogP contribution in [0.5, 0.6) is 0 Å². The monoisotopic (exact) mass is 214 g/mol. The van der Waals surface area contributed by atoms with Crippen LogP contribution in [0.4, 0.5) is 0 Å². The molecule has 0 aliphatic heterocycles. The number of carbonyl (C=O) groups is 1. The van der Waals surface area contributed by atoms with Crippen LogP contribution in [0.1, 0.15) is 47.5 Å². The molecule has 0 radical (unpaired) electrons. The molecule has 0 heterocycles. The van der Waals surface area contributed by atoms with Crippen molar-refractivity contribution >= 4 is 5.91 Å².